The Hall–Kier alpha value is -2.20. The monoisotopic (exact) mass is 501 g/mol. The van der Waals surface area contributed by atoms with Gasteiger partial charge < -0.3 is 30.3 Å². The van der Waals surface area contributed by atoms with Crippen molar-refractivity contribution in [2.24, 2.45) is 16.7 Å². The molecule has 1 aromatic heterocycles. The van der Waals surface area contributed by atoms with Gasteiger partial charge in [0.05, 0.1) is 31.6 Å². The number of rotatable bonds is 5. The molecule has 1 amide bonds. The molecule has 4 N–H and O–H groups in total. The highest BCUT2D eigenvalue weighted by atomic mass is 32.1. The summed E-state index contributed by atoms with van der Waals surface area (Å²) in [7, 11) is 0. The van der Waals surface area contributed by atoms with Crippen molar-refractivity contribution in [1.82, 2.24) is 9.88 Å². The number of carbonyl (C=O) groups excluding carboxylic acids is 1. The summed E-state index contributed by atoms with van der Waals surface area (Å²) < 4.78 is 5.44. The lowest BCUT2D eigenvalue weighted by molar-refractivity contribution is -0.149. The van der Waals surface area contributed by atoms with E-state index in [9.17, 15) is 20.1 Å². The van der Waals surface area contributed by atoms with Crippen LogP contribution < -0.4 is 5.32 Å². The molecule has 1 saturated carbocycles. The van der Waals surface area contributed by atoms with Crippen LogP contribution in [0.4, 0.5) is 10.8 Å². The Kier molecular flexibility index (Phi) is 6.54. The summed E-state index contributed by atoms with van der Waals surface area (Å²) in [5.41, 5.74) is 0.779. The van der Waals surface area contributed by atoms with E-state index in [2.05, 4.69) is 12.2 Å². The maximum atomic E-state index is 13.4. The van der Waals surface area contributed by atoms with Crippen LogP contribution in [0.1, 0.15) is 49.6 Å². The minimum Gasteiger partial charge on any atom is -0.508 e. The van der Waals surface area contributed by atoms with Gasteiger partial charge >= 0.3 is 0 Å². The van der Waals surface area contributed by atoms with E-state index in [1.165, 1.54) is 0 Å². The van der Waals surface area contributed by atoms with Crippen LogP contribution in [-0.2, 0) is 16.0 Å². The van der Waals surface area contributed by atoms with E-state index in [0.29, 0.717) is 45.6 Å². The number of anilines is 2. The van der Waals surface area contributed by atoms with Crippen LogP contribution in [0.25, 0.3) is 0 Å². The van der Waals surface area contributed by atoms with Gasteiger partial charge in [0.15, 0.2) is 5.13 Å². The van der Waals surface area contributed by atoms with Gasteiger partial charge in [-0.05, 0) is 42.7 Å². The molecule has 0 spiro atoms. The first-order valence-corrected chi connectivity index (χ1v) is 13.3. The van der Waals surface area contributed by atoms with Crippen molar-refractivity contribution in [3.8, 4) is 5.75 Å². The highest BCUT2D eigenvalue weighted by Gasteiger charge is 2.59. The Labute approximate surface area is 210 Å². The van der Waals surface area contributed by atoms with Crippen LogP contribution >= 0.6 is 11.3 Å². The normalized spacial score (nSPS) is 32.6. The van der Waals surface area contributed by atoms with Crippen molar-refractivity contribution in [3.63, 3.8) is 0 Å². The molecule has 190 valence electrons. The topological polar surface area (TPSA) is 115 Å². The third-order valence-corrected chi connectivity index (χ3v) is 9.74. The van der Waals surface area contributed by atoms with Gasteiger partial charge in [0.2, 0.25) is 5.91 Å². The second-order valence-electron chi connectivity index (χ2n) is 10.7. The number of aliphatic hydroxyl groups excluding tert-OH is 2. The molecule has 8 nitrogen and oxygen atoms in total. The van der Waals surface area contributed by atoms with Gasteiger partial charge in [-0.3, -0.25) is 4.79 Å². The summed E-state index contributed by atoms with van der Waals surface area (Å²) in [6.45, 7) is 6.44. The lowest BCUT2D eigenvalue weighted by atomic mass is 9.47. The molecule has 0 radical (unpaired) electrons. The number of benzene rings is 1. The molecule has 1 aromatic carbocycles. The fraction of sp³-hybridized carbons (Fsp3) is 0.615. The molecule has 5 atom stereocenters. The van der Waals surface area contributed by atoms with Crippen molar-refractivity contribution in [1.29, 1.82) is 0 Å². The molecule has 35 heavy (non-hydrogen) atoms. The number of phenols is 1. The molecular weight excluding hydrogens is 466 g/mol. The molecule has 1 saturated heterocycles. The Balaban J connectivity index is 1.52. The fourth-order valence-electron chi connectivity index (χ4n) is 6.52. The minimum absolute atomic E-state index is 0.0211. The van der Waals surface area contributed by atoms with Gasteiger partial charge in [-0.25, -0.2) is 4.98 Å². The van der Waals surface area contributed by atoms with Crippen molar-refractivity contribution in [2.75, 3.05) is 38.2 Å². The van der Waals surface area contributed by atoms with E-state index in [4.69, 9.17) is 9.72 Å². The van der Waals surface area contributed by atoms with E-state index in [1.54, 1.807) is 29.5 Å². The molecule has 2 aromatic rings. The van der Waals surface area contributed by atoms with Gasteiger partial charge in [0.1, 0.15) is 5.75 Å². The average molecular weight is 502 g/mol. The Bertz CT molecular complexity index is 1090. The van der Waals surface area contributed by atoms with Crippen LogP contribution in [0.3, 0.4) is 0 Å². The van der Waals surface area contributed by atoms with E-state index >= 15 is 0 Å². The number of aromatic hydroxyl groups is 1. The molecule has 2 fully saturated rings. The van der Waals surface area contributed by atoms with Crippen LogP contribution in [0, 0.1) is 16.7 Å². The van der Waals surface area contributed by atoms with Crippen molar-refractivity contribution in [2.45, 2.75) is 51.6 Å². The van der Waals surface area contributed by atoms with Gasteiger partial charge in [-0.1, -0.05) is 19.9 Å². The molecule has 9 heteroatoms. The standard InChI is InChI=1S/C26H35N3O5S/c1-25-7-6-21(32)26(2,15-30)20(25)14-19-23(18(25)13-22(33)29-8-10-34-11-9-29)28-24(35-19)27-16-4-3-5-17(31)12-16/h3-5,12,18,20-21,30-32H,6-11,13-15H2,1-2H3,(H,27,28). The van der Waals surface area contributed by atoms with Crippen LogP contribution in [0.5, 0.6) is 5.75 Å². The summed E-state index contributed by atoms with van der Waals surface area (Å²) in [5, 5.41) is 35.2. The van der Waals surface area contributed by atoms with E-state index in [1.807, 2.05) is 17.9 Å². The van der Waals surface area contributed by atoms with Crippen LogP contribution in [0.2, 0.25) is 0 Å². The number of aliphatic hydroxyl groups is 2. The van der Waals surface area contributed by atoms with Gasteiger partial charge in [0.25, 0.3) is 0 Å². The summed E-state index contributed by atoms with van der Waals surface area (Å²) in [5.74, 6) is 0.198. The predicted molar refractivity (Wildman–Crippen MR) is 134 cm³/mol. The number of morpholine rings is 1. The highest BCUT2D eigenvalue weighted by Crippen LogP contribution is 2.63. The van der Waals surface area contributed by atoms with Crippen molar-refractivity contribution in [3.05, 3.63) is 34.8 Å². The largest absolute Gasteiger partial charge is 0.508 e. The van der Waals surface area contributed by atoms with Crippen molar-refractivity contribution < 1.29 is 24.9 Å². The molecule has 1 aliphatic heterocycles. The molecule has 2 heterocycles. The zero-order valence-corrected chi connectivity index (χ0v) is 21.2. The summed E-state index contributed by atoms with van der Waals surface area (Å²) in [4.78, 5) is 21.4. The number of nitrogens with zero attached hydrogens (tertiary/aromatic N) is 2. The molecule has 5 rings (SSSR count). The first-order chi connectivity index (χ1) is 16.7. The number of aromatic nitrogens is 1. The Morgan fingerprint density at radius 1 is 1.31 bits per heavy atom. The van der Waals surface area contributed by atoms with Gasteiger partial charge in [0, 0.05) is 47.5 Å². The number of fused-ring (bicyclic) bond motifs is 2. The average Bonchev–Trinajstić information content (AvgIpc) is 3.25. The van der Waals surface area contributed by atoms with Crippen molar-refractivity contribution >= 4 is 28.1 Å². The third-order valence-electron chi connectivity index (χ3n) is 8.73. The van der Waals surface area contributed by atoms with Crippen LogP contribution in [0.15, 0.2) is 24.3 Å². The number of hydrogen-bond acceptors (Lipinski definition) is 8. The molecule has 2 aliphatic carbocycles. The SMILES string of the molecule is CC1(CO)C(O)CCC2(C)C(CC(=O)N3CCOCC3)c3nc(Nc4cccc(O)c4)sc3CC12. The minimum atomic E-state index is -0.645. The van der Waals surface area contributed by atoms with Crippen LogP contribution in [-0.4, -0.2) is 70.1 Å². The van der Waals surface area contributed by atoms with Gasteiger partial charge in [-0.15, -0.1) is 11.3 Å². The first kappa shape index (κ1) is 24.5. The zero-order chi connectivity index (χ0) is 24.8. The Morgan fingerprint density at radius 2 is 2.09 bits per heavy atom. The highest BCUT2D eigenvalue weighted by molar-refractivity contribution is 7.15. The number of hydrogen-bond donors (Lipinski definition) is 4. The summed E-state index contributed by atoms with van der Waals surface area (Å²) in [6.07, 6.45) is 1.86. The van der Waals surface area contributed by atoms with Gasteiger partial charge in [-0.2, -0.15) is 0 Å². The number of amides is 1. The maximum absolute atomic E-state index is 13.4. The predicted octanol–water partition coefficient (Wildman–Crippen LogP) is 3.26. The quantitative estimate of drug-likeness (QED) is 0.497. The Morgan fingerprint density at radius 3 is 2.80 bits per heavy atom. The maximum Gasteiger partial charge on any atom is 0.223 e. The number of thiazole rings is 1. The lowest BCUT2D eigenvalue weighted by Crippen LogP contribution is -2.58. The smallest absolute Gasteiger partial charge is 0.223 e. The fourth-order valence-corrected chi connectivity index (χ4v) is 7.61. The van der Waals surface area contributed by atoms with E-state index in [-0.39, 0.29) is 35.5 Å². The summed E-state index contributed by atoms with van der Waals surface area (Å²) in [6, 6.07) is 6.93. The molecule has 3 aliphatic rings. The second-order valence-corrected chi connectivity index (χ2v) is 11.8. The zero-order valence-electron chi connectivity index (χ0n) is 20.4. The second kappa shape index (κ2) is 9.35. The number of phenolic OH excluding ortho intramolecular Hbond substituents is 1. The molecule has 0 bridgehead atoms. The number of nitrogens with one attached hydrogen (secondary N) is 1. The van der Waals surface area contributed by atoms with E-state index in [0.717, 1.165) is 27.8 Å². The molecular formula is C26H35N3O5S. The molecule has 5 unspecified atom stereocenters. The number of ether oxygens (including phenoxy) is 1. The first-order valence-electron chi connectivity index (χ1n) is 12.4. The lowest BCUT2D eigenvalue weighted by Gasteiger charge is -2.58. The third kappa shape index (κ3) is 4.33. The van der Waals surface area contributed by atoms with E-state index < -0.39 is 11.5 Å². The number of carbonyl (C=O) groups is 1. The summed E-state index contributed by atoms with van der Waals surface area (Å²) >= 11 is 1.56.